The largest absolute Gasteiger partial charge is 0.399 e. The fourth-order valence-electron chi connectivity index (χ4n) is 2.92. The van der Waals surface area contributed by atoms with Crippen LogP contribution < -0.4 is 10.5 Å². The summed E-state index contributed by atoms with van der Waals surface area (Å²) in [6, 6.07) is 3.32. The molecule has 1 heterocycles. The lowest BCUT2D eigenvalue weighted by Crippen LogP contribution is -2.48. The van der Waals surface area contributed by atoms with Crippen LogP contribution in [0.2, 0.25) is 0 Å². The molecule has 0 bridgehead atoms. The number of sulfonamides is 1. The summed E-state index contributed by atoms with van der Waals surface area (Å²) < 4.78 is 28.2. The summed E-state index contributed by atoms with van der Waals surface area (Å²) in [6.45, 7) is 7.60. The van der Waals surface area contributed by atoms with E-state index in [1.54, 1.807) is 12.1 Å². The zero-order chi connectivity index (χ0) is 15.8. The molecule has 5 nitrogen and oxygen atoms in total. The summed E-state index contributed by atoms with van der Waals surface area (Å²) >= 11 is 0. The zero-order valence-electron chi connectivity index (χ0n) is 13.2. The smallest absolute Gasteiger partial charge is 0.241 e. The SMILES string of the molecule is Cc1cc(N)cc(S(=O)(=O)NC2CCN(C)CC2C)c1C. The molecule has 1 aromatic rings. The van der Waals surface area contributed by atoms with Crippen molar-refractivity contribution in [2.75, 3.05) is 25.9 Å². The summed E-state index contributed by atoms with van der Waals surface area (Å²) in [5, 5.41) is 0. The van der Waals surface area contributed by atoms with Gasteiger partial charge in [-0.25, -0.2) is 13.1 Å². The van der Waals surface area contributed by atoms with Crippen molar-refractivity contribution >= 4 is 15.7 Å². The molecule has 0 aromatic heterocycles. The number of piperidine rings is 1. The average Bonchev–Trinajstić information content (AvgIpc) is 2.37. The third kappa shape index (κ3) is 3.56. The van der Waals surface area contributed by atoms with Gasteiger partial charge < -0.3 is 10.6 Å². The highest BCUT2D eigenvalue weighted by Crippen LogP contribution is 2.24. The minimum atomic E-state index is -3.53. The van der Waals surface area contributed by atoms with Crippen LogP contribution >= 0.6 is 0 Å². The van der Waals surface area contributed by atoms with Crippen molar-refractivity contribution in [3.63, 3.8) is 0 Å². The van der Waals surface area contributed by atoms with Crippen LogP contribution in [0.1, 0.15) is 24.5 Å². The van der Waals surface area contributed by atoms with Crippen LogP contribution in [0.15, 0.2) is 17.0 Å². The summed E-state index contributed by atoms with van der Waals surface area (Å²) in [5.41, 5.74) is 7.94. The second-order valence-corrected chi connectivity index (χ2v) is 7.90. The van der Waals surface area contributed by atoms with Gasteiger partial charge >= 0.3 is 0 Å². The van der Waals surface area contributed by atoms with E-state index in [9.17, 15) is 8.42 Å². The molecule has 0 spiro atoms. The maximum absolute atomic E-state index is 12.7. The zero-order valence-corrected chi connectivity index (χ0v) is 14.0. The second kappa shape index (κ2) is 5.94. The Hall–Kier alpha value is -1.11. The van der Waals surface area contributed by atoms with E-state index in [0.29, 0.717) is 16.5 Å². The Labute approximate surface area is 127 Å². The van der Waals surface area contributed by atoms with Gasteiger partial charge in [-0.15, -0.1) is 0 Å². The van der Waals surface area contributed by atoms with Crippen molar-refractivity contribution in [2.24, 2.45) is 5.92 Å². The van der Waals surface area contributed by atoms with Gasteiger partial charge in [-0.2, -0.15) is 0 Å². The van der Waals surface area contributed by atoms with Gasteiger partial charge in [0.1, 0.15) is 0 Å². The number of nitrogens with zero attached hydrogens (tertiary/aromatic N) is 1. The van der Waals surface area contributed by atoms with Crippen molar-refractivity contribution in [3.8, 4) is 0 Å². The van der Waals surface area contributed by atoms with Crippen LogP contribution in [0.5, 0.6) is 0 Å². The number of nitrogens with two attached hydrogens (primary N) is 1. The van der Waals surface area contributed by atoms with E-state index in [0.717, 1.165) is 30.6 Å². The Morgan fingerprint density at radius 1 is 1.33 bits per heavy atom. The van der Waals surface area contributed by atoms with Crippen molar-refractivity contribution in [2.45, 2.75) is 38.1 Å². The summed E-state index contributed by atoms with van der Waals surface area (Å²) in [7, 11) is -1.47. The number of benzene rings is 1. The first-order valence-electron chi connectivity index (χ1n) is 7.28. The lowest BCUT2D eigenvalue weighted by molar-refractivity contribution is 0.188. The molecule has 6 heteroatoms. The number of nitrogen functional groups attached to an aromatic ring is 1. The van der Waals surface area contributed by atoms with E-state index in [-0.39, 0.29) is 6.04 Å². The molecular weight excluding hydrogens is 286 g/mol. The fraction of sp³-hybridized carbons (Fsp3) is 0.600. The Morgan fingerprint density at radius 3 is 2.62 bits per heavy atom. The monoisotopic (exact) mass is 311 g/mol. The number of aryl methyl sites for hydroxylation is 1. The molecule has 1 aliphatic rings. The molecule has 2 atom stereocenters. The second-order valence-electron chi connectivity index (χ2n) is 6.22. The highest BCUT2D eigenvalue weighted by Gasteiger charge is 2.29. The Bertz CT molecular complexity index is 628. The van der Waals surface area contributed by atoms with Crippen LogP contribution in [0.3, 0.4) is 0 Å². The molecule has 2 rings (SSSR count). The fourth-order valence-corrected chi connectivity index (χ4v) is 4.66. The highest BCUT2D eigenvalue weighted by atomic mass is 32.2. The third-order valence-electron chi connectivity index (χ3n) is 4.35. The molecule has 2 unspecified atom stereocenters. The van der Waals surface area contributed by atoms with Gasteiger partial charge in [0.15, 0.2) is 0 Å². The van der Waals surface area contributed by atoms with Gasteiger partial charge in [0, 0.05) is 18.3 Å². The number of hydrogen-bond donors (Lipinski definition) is 2. The summed E-state index contributed by atoms with van der Waals surface area (Å²) in [4.78, 5) is 2.52. The number of hydrogen-bond acceptors (Lipinski definition) is 4. The van der Waals surface area contributed by atoms with Gasteiger partial charge in [0.05, 0.1) is 4.90 Å². The molecule has 1 saturated heterocycles. The van der Waals surface area contributed by atoms with E-state index in [1.165, 1.54) is 0 Å². The lowest BCUT2D eigenvalue weighted by atomic mass is 9.95. The van der Waals surface area contributed by atoms with Crippen molar-refractivity contribution < 1.29 is 8.42 Å². The van der Waals surface area contributed by atoms with E-state index < -0.39 is 10.0 Å². The van der Waals surface area contributed by atoms with Crippen LogP contribution in [-0.4, -0.2) is 39.5 Å². The number of rotatable bonds is 3. The van der Waals surface area contributed by atoms with Gasteiger partial charge in [-0.1, -0.05) is 6.92 Å². The van der Waals surface area contributed by atoms with Gasteiger partial charge in [-0.05, 0) is 63.0 Å². The van der Waals surface area contributed by atoms with Gasteiger partial charge in [0.25, 0.3) is 0 Å². The molecule has 0 amide bonds. The average molecular weight is 311 g/mol. The number of nitrogens with one attached hydrogen (secondary N) is 1. The van der Waals surface area contributed by atoms with Crippen LogP contribution in [0, 0.1) is 19.8 Å². The molecule has 1 aliphatic heterocycles. The first-order valence-corrected chi connectivity index (χ1v) is 8.76. The summed E-state index contributed by atoms with van der Waals surface area (Å²) in [6.07, 6.45) is 0.831. The molecular formula is C15H25N3O2S. The highest BCUT2D eigenvalue weighted by molar-refractivity contribution is 7.89. The molecule has 0 saturated carbocycles. The minimum absolute atomic E-state index is 0.0210. The van der Waals surface area contributed by atoms with E-state index in [2.05, 4.69) is 23.6 Å². The van der Waals surface area contributed by atoms with Crippen molar-refractivity contribution in [1.29, 1.82) is 0 Å². The summed E-state index contributed by atoms with van der Waals surface area (Å²) in [5.74, 6) is 0.293. The van der Waals surface area contributed by atoms with Crippen LogP contribution in [0.4, 0.5) is 5.69 Å². The van der Waals surface area contributed by atoms with E-state index in [1.807, 2.05) is 13.8 Å². The van der Waals surface area contributed by atoms with Gasteiger partial charge in [0.2, 0.25) is 10.0 Å². The molecule has 0 aliphatic carbocycles. The quantitative estimate of drug-likeness (QED) is 0.830. The molecule has 21 heavy (non-hydrogen) atoms. The van der Waals surface area contributed by atoms with E-state index in [4.69, 9.17) is 5.73 Å². The van der Waals surface area contributed by atoms with Crippen molar-refractivity contribution in [1.82, 2.24) is 9.62 Å². The maximum atomic E-state index is 12.7. The topological polar surface area (TPSA) is 75.4 Å². The minimum Gasteiger partial charge on any atom is -0.399 e. The van der Waals surface area contributed by atoms with Crippen molar-refractivity contribution in [3.05, 3.63) is 23.3 Å². The first-order chi connectivity index (χ1) is 9.70. The predicted octanol–water partition coefficient (Wildman–Crippen LogP) is 1.50. The Kier molecular flexibility index (Phi) is 4.60. The standard InChI is InChI=1S/C15H25N3O2S/c1-10-7-13(16)8-15(12(10)3)21(19,20)17-14-5-6-18(4)9-11(14)2/h7-8,11,14,17H,5-6,9,16H2,1-4H3. The Balaban J connectivity index is 2.27. The van der Waals surface area contributed by atoms with E-state index >= 15 is 0 Å². The lowest BCUT2D eigenvalue weighted by Gasteiger charge is -2.35. The Morgan fingerprint density at radius 2 is 2.00 bits per heavy atom. The van der Waals surface area contributed by atoms with Crippen LogP contribution in [-0.2, 0) is 10.0 Å². The molecule has 1 aromatic carbocycles. The number of anilines is 1. The third-order valence-corrected chi connectivity index (χ3v) is 5.96. The predicted molar refractivity (Wildman–Crippen MR) is 85.7 cm³/mol. The first kappa shape index (κ1) is 16.3. The molecule has 1 fully saturated rings. The van der Waals surface area contributed by atoms with Gasteiger partial charge in [-0.3, -0.25) is 0 Å². The van der Waals surface area contributed by atoms with Crippen LogP contribution in [0.25, 0.3) is 0 Å². The molecule has 0 radical (unpaired) electrons. The normalized spacial score (nSPS) is 24.2. The molecule has 118 valence electrons. The number of likely N-dealkylation sites (tertiary alicyclic amines) is 1. The molecule has 3 N–H and O–H groups in total. The maximum Gasteiger partial charge on any atom is 0.241 e.